The Bertz CT molecular complexity index is 791. The molecule has 5 nitrogen and oxygen atoms in total. The first kappa shape index (κ1) is 19.5. The van der Waals surface area contributed by atoms with Crippen molar-refractivity contribution in [1.29, 1.82) is 0 Å². The van der Waals surface area contributed by atoms with E-state index in [9.17, 15) is 13.2 Å². The van der Waals surface area contributed by atoms with Gasteiger partial charge in [0.25, 0.3) is 0 Å². The van der Waals surface area contributed by atoms with Gasteiger partial charge in [-0.05, 0) is 49.6 Å². The smallest absolute Gasteiger partial charge is 0.242 e. The average molecular weight is 379 g/mol. The Morgan fingerprint density at radius 1 is 1.08 bits per heavy atom. The second-order valence-corrected chi connectivity index (χ2v) is 8.32. The zero-order chi connectivity index (χ0) is 18.3. The number of aryl methyl sites for hydroxylation is 1. The highest BCUT2D eigenvalue weighted by atomic mass is 32.2. The van der Waals surface area contributed by atoms with E-state index in [0.29, 0.717) is 17.9 Å². The predicted octanol–water partition coefficient (Wildman–Crippen LogP) is 3.03. The van der Waals surface area contributed by atoms with Crippen LogP contribution in [0.4, 0.5) is 5.69 Å². The third-order valence-corrected chi connectivity index (χ3v) is 5.73. The van der Waals surface area contributed by atoms with Crippen molar-refractivity contribution in [3.63, 3.8) is 0 Å². The summed E-state index contributed by atoms with van der Waals surface area (Å²) < 4.78 is 27.5. The molecule has 0 aliphatic carbocycles. The van der Waals surface area contributed by atoms with Gasteiger partial charge in [-0.3, -0.25) is 4.79 Å². The van der Waals surface area contributed by atoms with Gasteiger partial charge in [-0.25, -0.2) is 8.42 Å². The second-order valence-electron chi connectivity index (χ2n) is 5.62. The lowest BCUT2D eigenvalue weighted by Gasteiger charge is -2.18. The summed E-state index contributed by atoms with van der Waals surface area (Å²) in [6, 6.07) is 14.6. The quantitative estimate of drug-likeness (QED) is 0.740. The molecule has 2 aromatic carbocycles. The highest BCUT2D eigenvalue weighted by Gasteiger charge is 2.25. The Balaban J connectivity index is 2.14. The average Bonchev–Trinajstić information content (AvgIpc) is 2.61. The number of benzene rings is 2. The first-order valence-electron chi connectivity index (χ1n) is 7.86. The Morgan fingerprint density at radius 2 is 1.72 bits per heavy atom. The van der Waals surface area contributed by atoms with Gasteiger partial charge in [0.15, 0.2) is 0 Å². The van der Waals surface area contributed by atoms with E-state index in [1.807, 2.05) is 25.3 Å². The van der Waals surface area contributed by atoms with Crippen molar-refractivity contribution in [3.8, 4) is 0 Å². The molecule has 0 fully saturated rings. The molecule has 2 N–H and O–H groups in total. The van der Waals surface area contributed by atoms with Gasteiger partial charge in [-0.15, -0.1) is 0 Å². The number of amides is 1. The first-order valence-corrected chi connectivity index (χ1v) is 10.7. The molecule has 1 unspecified atom stereocenters. The van der Waals surface area contributed by atoms with Gasteiger partial charge in [0.1, 0.15) is 6.04 Å². The van der Waals surface area contributed by atoms with Crippen molar-refractivity contribution in [2.45, 2.75) is 24.3 Å². The van der Waals surface area contributed by atoms with Crippen LogP contribution in [0.1, 0.15) is 12.0 Å². The maximum absolute atomic E-state index is 12.6. The van der Waals surface area contributed by atoms with Crippen LogP contribution >= 0.6 is 11.8 Å². The van der Waals surface area contributed by atoms with Crippen LogP contribution in [0.15, 0.2) is 59.5 Å². The Hall–Kier alpha value is -1.83. The molecule has 134 valence electrons. The van der Waals surface area contributed by atoms with Gasteiger partial charge in [-0.1, -0.05) is 35.9 Å². The largest absolute Gasteiger partial charge is 0.325 e. The highest BCUT2D eigenvalue weighted by molar-refractivity contribution is 7.98. The molecule has 25 heavy (non-hydrogen) atoms. The van der Waals surface area contributed by atoms with Crippen LogP contribution in [0, 0.1) is 6.92 Å². The third-order valence-electron chi connectivity index (χ3n) is 3.60. The number of carbonyl (C=O) groups excluding carboxylic acids is 1. The molecule has 0 saturated heterocycles. The van der Waals surface area contributed by atoms with Crippen molar-refractivity contribution in [1.82, 2.24) is 4.72 Å². The van der Waals surface area contributed by atoms with Gasteiger partial charge in [0.05, 0.1) is 4.90 Å². The molecule has 0 bridgehead atoms. The van der Waals surface area contributed by atoms with Gasteiger partial charge in [0, 0.05) is 5.69 Å². The zero-order valence-corrected chi connectivity index (χ0v) is 15.9. The molecule has 0 aromatic heterocycles. The first-order chi connectivity index (χ1) is 11.9. The van der Waals surface area contributed by atoms with Crippen molar-refractivity contribution in [2.75, 3.05) is 17.3 Å². The number of hydrogen-bond donors (Lipinski definition) is 2. The topological polar surface area (TPSA) is 75.3 Å². The van der Waals surface area contributed by atoms with E-state index in [2.05, 4.69) is 10.0 Å². The normalized spacial score (nSPS) is 12.6. The molecule has 0 heterocycles. The lowest BCUT2D eigenvalue weighted by Crippen LogP contribution is -2.44. The monoisotopic (exact) mass is 378 g/mol. The van der Waals surface area contributed by atoms with Crippen LogP contribution in [0.5, 0.6) is 0 Å². The lowest BCUT2D eigenvalue weighted by molar-refractivity contribution is -0.117. The second kappa shape index (κ2) is 9.03. The third kappa shape index (κ3) is 5.88. The lowest BCUT2D eigenvalue weighted by atomic mass is 10.2. The van der Waals surface area contributed by atoms with E-state index < -0.39 is 16.1 Å². The standard InChI is InChI=1S/C18H22N2O3S2/c1-14-8-10-15(11-9-14)19-18(21)17(12-13-24-2)20-25(22,23)16-6-4-3-5-7-16/h3-11,17,20H,12-13H2,1-2H3,(H,19,21). The molecule has 0 radical (unpaired) electrons. The maximum atomic E-state index is 12.6. The number of hydrogen-bond acceptors (Lipinski definition) is 4. The molecular weight excluding hydrogens is 356 g/mol. The van der Waals surface area contributed by atoms with Crippen molar-refractivity contribution in [2.24, 2.45) is 0 Å². The molecule has 2 aromatic rings. The van der Waals surface area contributed by atoms with Gasteiger partial charge in [0.2, 0.25) is 15.9 Å². The fraction of sp³-hybridized carbons (Fsp3) is 0.278. The summed E-state index contributed by atoms with van der Waals surface area (Å²) in [6.45, 7) is 1.96. The fourth-order valence-corrected chi connectivity index (χ4v) is 3.92. The van der Waals surface area contributed by atoms with Crippen LogP contribution in [0.3, 0.4) is 0 Å². The summed E-state index contributed by atoms with van der Waals surface area (Å²) in [7, 11) is -3.75. The number of anilines is 1. The Kier molecular flexibility index (Phi) is 7.04. The summed E-state index contributed by atoms with van der Waals surface area (Å²) in [5.74, 6) is 0.306. The summed E-state index contributed by atoms with van der Waals surface area (Å²) in [4.78, 5) is 12.7. The number of nitrogens with one attached hydrogen (secondary N) is 2. The van der Waals surface area contributed by atoms with Crippen LogP contribution in [0.2, 0.25) is 0 Å². The minimum atomic E-state index is -3.75. The summed E-state index contributed by atoms with van der Waals surface area (Å²) in [5.41, 5.74) is 1.73. The Labute approximate surface area is 153 Å². The van der Waals surface area contributed by atoms with Crippen LogP contribution < -0.4 is 10.0 Å². The van der Waals surface area contributed by atoms with E-state index >= 15 is 0 Å². The number of rotatable bonds is 8. The van der Waals surface area contributed by atoms with Gasteiger partial charge >= 0.3 is 0 Å². The predicted molar refractivity (Wildman–Crippen MR) is 103 cm³/mol. The molecule has 0 aliphatic heterocycles. The van der Waals surface area contributed by atoms with E-state index in [1.54, 1.807) is 42.1 Å². The van der Waals surface area contributed by atoms with E-state index in [4.69, 9.17) is 0 Å². The molecule has 2 rings (SSSR count). The minimum absolute atomic E-state index is 0.146. The van der Waals surface area contributed by atoms with E-state index in [0.717, 1.165) is 5.56 Å². The molecule has 7 heteroatoms. The number of sulfonamides is 1. The fourth-order valence-electron chi connectivity index (χ4n) is 2.20. The van der Waals surface area contributed by atoms with Crippen molar-refractivity contribution >= 4 is 33.4 Å². The SMILES string of the molecule is CSCCC(NS(=O)(=O)c1ccccc1)C(=O)Nc1ccc(C)cc1. The molecule has 0 aliphatic rings. The Morgan fingerprint density at radius 3 is 2.32 bits per heavy atom. The number of carbonyl (C=O) groups is 1. The minimum Gasteiger partial charge on any atom is -0.325 e. The molecule has 1 atom stereocenters. The van der Waals surface area contributed by atoms with Gasteiger partial charge < -0.3 is 5.32 Å². The number of thioether (sulfide) groups is 1. The van der Waals surface area contributed by atoms with Gasteiger partial charge in [-0.2, -0.15) is 16.5 Å². The maximum Gasteiger partial charge on any atom is 0.242 e. The van der Waals surface area contributed by atoms with Crippen molar-refractivity contribution in [3.05, 3.63) is 60.2 Å². The van der Waals surface area contributed by atoms with Crippen LogP contribution in [-0.4, -0.2) is 32.4 Å². The summed E-state index contributed by atoms with van der Waals surface area (Å²) in [5, 5.41) is 2.78. The van der Waals surface area contributed by atoms with E-state index in [1.165, 1.54) is 12.1 Å². The van der Waals surface area contributed by atoms with Crippen LogP contribution in [0.25, 0.3) is 0 Å². The summed E-state index contributed by atoms with van der Waals surface area (Å²) in [6.07, 6.45) is 2.32. The molecule has 0 saturated carbocycles. The van der Waals surface area contributed by atoms with Crippen molar-refractivity contribution < 1.29 is 13.2 Å². The highest BCUT2D eigenvalue weighted by Crippen LogP contribution is 2.13. The molecular formula is C18H22N2O3S2. The van der Waals surface area contributed by atoms with Crippen LogP contribution in [-0.2, 0) is 14.8 Å². The molecule has 1 amide bonds. The molecule has 0 spiro atoms. The van der Waals surface area contributed by atoms with E-state index in [-0.39, 0.29) is 10.8 Å². The zero-order valence-electron chi connectivity index (χ0n) is 14.2. The summed E-state index contributed by atoms with van der Waals surface area (Å²) >= 11 is 1.56.